The summed E-state index contributed by atoms with van der Waals surface area (Å²) in [5.41, 5.74) is 0.304. The van der Waals surface area contributed by atoms with Gasteiger partial charge in [0.05, 0.1) is 23.8 Å². The molecule has 2 aromatic rings. The van der Waals surface area contributed by atoms with E-state index in [1.807, 2.05) is 27.7 Å². The van der Waals surface area contributed by atoms with Crippen LogP contribution in [-0.4, -0.2) is 27.6 Å². The number of carbonyl (C=O) groups excluding carboxylic acids is 1. The number of hydrogen-bond donors (Lipinski definition) is 0. The maximum absolute atomic E-state index is 11.0. The molecule has 0 N–H and O–H groups in total. The Bertz CT molecular complexity index is 834. The molecule has 0 saturated carbocycles. The van der Waals surface area contributed by atoms with E-state index in [4.69, 9.17) is 14.7 Å². The average molecular weight is 351 g/mol. The van der Waals surface area contributed by atoms with Crippen molar-refractivity contribution in [1.82, 2.24) is 9.38 Å². The normalized spacial score (nSPS) is 11.3. The summed E-state index contributed by atoms with van der Waals surface area (Å²) in [7, 11) is 0. The van der Waals surface area contributed by atoms with Crippen molar-refractivity contribution in [3.05, 3.63) is 29.6 Å². The molecule has 2 rings (SSSR count). The van der Waals surface area contributed by atoms with Crippen LogP contribution >= 0.6 is 0 Å². The Morgan fingerprint density at radius 1 is 1.32 bits per heavy atom. The van der Waals surface area contributed by atoms with Crippen LogP contribution in [0.15, 0.2) is 23.9 Å². The van der Waals surface area contributed by atoms with Crippen molar-refractivity contribution < 1.29 is 48.9 Å². The number of nitrogens with zero attached hydrogens (tertiary/aromatic N) is 3. The van der Waals surface area contributed by atoms with E-state index in [1.54, 1.807) is 28.8 Å². The zero-order chi connectivity index (χ0) is 17.9. The van der Waals surface area contributed by atoms with Crippen molar-refractivity contribution in [2.24, 2.45) is 0 Å². The molecule has 2 aromatic heterocycles. The van der Waals surface area contributed by atoms with Crippen molar-refractivity contribution in [2.45, 2.75) is 39.9 Å². The van der Waals surface area contributed by atoms with Gasteiger partial charge in [0.15, 0.2) is 11.4 Å². The number of rotatable bonds is 6. The van der Waals surface area contributed by atoms with Crippen molar-refractivity contribution in [3.8, 4) is 17.7 Å². The first-order valence-corrected chi connectivity index (χ1v) is 7.51. The molecule has 0 spiro atoms. The smallest absolute Gasteiger partial charge is 0.544 e. The van der Waals surface area contributed by atoms with Gasteiger partial charge in [0.25, 0.3) is 0 Å². The van der Waals surface area contributed by atoms with Gasteiger partial charge in [-0.1, -0.05) is 0 Å². The first-order chi connectivity index (χ1) is 11.3. The number of nitriles is 1. The van der Waals surface area contributed by atoms with E-state index < -0.39 is 11.5 Å². The molecule has 0 radical (unpaired) electrons. The van der Waals surface area contributed by atoms with Crippen molar-refractivity contribution in [3.63, 3.8) is 0 Å². The monoisotopic (exact) mass is 351 g/mol. The van der Waals surface area contributed by atoms with Crippen LogP contribution in [0.2, 0.25) is 0 Å². The Hall–Kier alpha value is -2.01. The van der Waals surface area contributed by atoms with Crippen LogP contribution in [0.4, 0.5) is 0 Å². The van der Waals surface area contributed by atoms with Crippen molar-refractivity contribution >= 4 is 17.7 Å². The quantitative estimate of drug-likeness (QED) is 0.359. The number of aliphatic carboxylic acids is 1. The van der Waals surface area contributed by atoms with Gasteiger partial charge in [-0.05, 0) is 45.9 Å². The molecule has 0 aromatic carbocycles. The van der Waals surface area contributed by atoms with E-state index in [0.29, 0.717) is 17.1 Å². The maximum atomic E-state index is 11.0. The molecule has 8 heteroatoms. The predicted molar refractivity (Wildman–Crippen MR) is 85.3 cm³/mol. The van der Waals surface area contributed by atoms with Gasteiger partial charge < -0.3 is 19.4 Å². The number of fused-ring (bicyclic) bond motifs is 1. The number of carbonyl (C=O) groups is 1. The summed E-state index contributed by atoms with van der Waals surface area (Å²) < 4.78 is 13.0. The largest absolute Gasteiger partial charge is 1.00 e. The van der Waals surface area contributed by atoms with Gasteiger partial charge in [-0.2, -0.15) is 10.2 Å². The summed E-state index contributed by atoms with van der Waals surface area (Å²) in [6.45, 7) is 7.44. The fourth-order valence-corrected chi connectivity index (χ4v) is 2.10. The molecule has 2 heterocycles. The second-order valence-corrected chi connectivity index (χ2v) is 5.66. The van der Waals surface area contributed by atoms with Gasteiger partial charge in [-0.15, -0.1) is 0 Å². The van der Waals surface area contributed by atoms with Gasteiger partial charge in [-0.25, -0.2) is 0 Å². The molecule has 0 aliphatic rings. The number of hydrogen-bond acceptors (Lipinski definition) is 6. The summed E-state index contributed by atoms with van der Waals surface area (Å²) >= 11 is 0. The van der Waals surface area contributed by atoms with E-state index in [2.05, 4.69) is 4.98 Å². The van der Waals surface area contributed by atoms with Crippen LogP contribution in [-0.2, 0) is 4.79 Å². The Labute approximate surface area is 168 Å². The Morgan fingerprint density at radius 2 is 1.96 bits per heavy atom. The molecule has 0 aliphatic heterocycles. The summed E-state index contributed by atoms with van der Waals surface area (Å²) in [5, 5.41) is 20.0. The zero-order valence-electron chi connectivity index (χ0n) is 14.9. The van der Waals surface area contributed by atoms with Gasteiger partial charge in [0.1, 0.15) is 11.8 Å². The fraction of sp³-hybridized carbons (Fsp3) is 0.353. The van der Waals surface area contributed by atoms with Crippen LogP contribution in [0, 0.1) is 11.3 Å². The molecule has 25 heavy (non-hydrogen) atoms. The summed E-state index contributed by atoms with van der Waals surface area (Å²) in [6.07, 6.45) is 2.65. The molecule has 0 fully saturated rings. The molecule has 126 valence electrons. The minimum Gasteiger partial charge on any atom is -0.544 e. The third-order valence-electron chi connectivity index (χ3n) is 2.95. The van der Waals surface area contributed by atoms with E-state index >= 15 is 0 Å². The number of carboxylic acids is 1. The van der Waals surface area contributed by atoms with Crippen LogP contribution in [0.25, 0.3) is 11.7 Å². The van der Waals surface area contributed by atoms with Crippen molar-refractivity contribution in [1.29, 1.82) is 5.26 Å². The predicted octanol–water partition coefficient (Wildman–Crippen LogP) is -1.43. The number of aromatic nitrogens is 2. The molecular formula is C17H18N3NaO4. The van der Waals surface area contributed by atoms with E-state index in [1.165, 1.54) is 6.08 Å². The minimum atomic E-state index is -1.56. The summed E-state index contributed by atoms with van der Waals surface area (Å²) in [4.78, 5) is 15.4. The molecule has 7 nitrogen and oxygen atoms in total. The standard InChI is InChI=1S/C17H19N3O4.Na/c1-10(2)23-14-6-5-7-20-13(8-12(9-18)17(21)22)16(19-15(14)20)24-11(3)4;/h5-8,10-11H,1-4H3,(H,21,22);/q;+1/p-1. The molecular weight excluding hydrogens is 333 g/mol. The minimum absolute atomic E-state index is 0. The average Bonchev–Trinajstić information content (AvgIpc) is 2.81. The SMILES string of the molecule is CC(C)Oc1nc2c(OC(C)C)cccn2c1C=C(C#N)C(=O)[O-].[Na+]. The zero-order valence-corrected chi connectivity index (χ0v) is 16.9. The topological polar surface area (TPSA) is 99.7 Å². The third kappa shape index (κ3) is 4.98. The van der Waals surface area contributed by atoms with Crippen LogP contribution < -0.4 is 44.1 Å². The van der Waals surface area contributed by atoms with Crippen LogP contribution in [0.3, 0.4) is 0 Å². The van der Waals surface area contributed by atoms with Crippen molar-refractivity contribution in [2.75, 3.05) is 0 Å². The Balaban J connectivity index is 0.00000312. The Morgan fingerprint density at radius 3 is 2.48 bits per heavy atom. The number of ether oxygens (including phenoxy) is 2. The van der Waals surface area contributed by atoms with E-state index in [9.17, 15) is 9.90 Å². The summed E-state index contributed by atoms with van der Waals surface area (Å²) in [5.74, 6) is -0.802. The van der Waals surface area contributed by atoms with E-state index in [0.717, 1.165) is 0 Å². The third-order valence-corrected chi connectivity index (χ3v) is 2.95. The molecule has 0 bridgehead atoms. The number of carboxylic acid groups (broad SMARTS) is 1. The molecule has 0 aliphatic carbocycles. The van der Waals surface area contributed by atoms with E-state index in [-0.39, 0.29) is 47.6 Å². The van der Waals surface area contributed by atoms with Gasteiger partial charge in [0, 0.05) is 6.20 Å². The molecule has 0 atom stereocenters. The second-order valence-electron chi connectivity index (χ2n) is 5.66. The number of imidazole rings is 1. The first kappa shape index (κ1) is 21.0. The van der Waals surface area contributed by atoms with Gasteiger partial charge in [0.2, 0.25) is 5.88 Å². The molecule has 0 saturated heterocycles. The fourth-order valence-electron chi connectivity index (χ4n) is 2.10. The maximum Gasteiger partial charge on any atom is 1.00 e. The van der Waals surface area contributed by atoms with Crippen LogP contribution in [0.1, 0.15) is 33.4 Å². The molecule has 0 amide bonds. The first-order valence-electron chi connectivity index (χ1n) is 7.51. The molecule has 0 unspecified atom stereocenters. The Kier molecular flexibility index (Phi) is 7.49. The van der Waals surface area contributed by atoms with Gasteiger partial charge in [-0.3, -0.25) is 4.40 Å². The summed E-state index contributed by atoms with van der Waals surface area (Å²) in [6, 6.07) is 5.11. The van der Waals surface area contributed by atoms with Crippen LogP contribution in [0.5, 0.6) is 11.6 Å². The van der Waals surface area contributed by atoms with Gasteiger partial charge >= 0.3 is 29.6 Å². The number of pyridine rings is 1. The second kappa shape index (κ2) is 8.90.